The maximum atomic E-state index is 6.42. The van der Waals surface area contributed by atoms with E-state index in [9.17, 15) is 0 Å². The number of aryl methyl sites for hydroxylation is 2. The molecule has 164 valence electrons. The van der Waals surface area contributed by atoms with Crippen LogP contribution in [0.1, 0.15) is 79.5 Å². The molecule has 2 bridgehead atoms. The highest BCUT2D eigenvalue weighted by atomic mass is 16.5. The maximum absolute atomic E-state index is 6.42. The molecule has 4 atom stereocenters. The Morgan fingerprint density at radius 2 is 1.68 bits per heavy atom. The van der Waals surface area contributed by atoms with E-state index in [0.717, 1.165) is 11.7 Å². The van der Waals surface area contributed by atoms with Crippen molar-refractivity contribution < 1.29 is 9.47 Å². The lowest BCUT2D eigenvalue weighted by atomic mass is 9.44. The molecule has 4 aliphatic carbocycles. The Bertz CT molecular complexity index is 998. The van der Waals surface area contributed by atoms with Crippen molar-refractivity contribution in [1.29, 1.82) is 0 Å². The van der Waals surface area contributed by atoms with Crippen molar-refractivity contribution in [2.24, 2.45) is 16.7 Å². The molecule has 0 saturated heterocycles. The molecule has 2 heteroatoms. The highest BCUT2D eigenvalue weighted by Gasteiger charge is 2.75. The third kappa shape index (κ3) is 2.38. The first-order chi connectivity index (χ1) is 15.0. The van der Waals surface area contributed by atoms with Crippen molar-refractivity contribution in [2.75, 3.05) is 14.2 Å². The van der Waals surface area contributed by atoms with Gasteiger partial charge in [-0.25, -0.2) is 0 Å². The Morgan fingerprint density at radius 3 is 2.35 bits per heavy atom. The van der Waals surface area contributed by atoms with E-state index >= 15 is 0 Å². The summed E-state index contributed by atoms with van der Waals surface area (Å²) in [5.41, 5.74) is 6.79. The molecule has 31 heavy (non-hydrogen) atoms. The molecule has 0 aromatic heterocycles. The van der Waals surface area contributed by atoms with Gasteiger partial charge in [0.1, 0.15) is 5.75 Å². The summed E-state index contributed by atoms with van der Waals surface area (Å²) in [5, 5.41) is 0. The largest absolute Gasteiger partial charge is 0.497 e. The number of methoxy groups -OCH3 is 2. The van der Waals surface area contributed by atoms with E-state index < -0.39 is 0 Å². The van der Waals surface area contributed by atoms with Crippen LogP contribution in [0.2, 0.25) is 0 Å². The zero-order valence-electron chi connectivity index (χ0n) is 19.5. The van der Waals surface area contributed by atoms with Crippen LogP contribution in [0.15, 0.2) is 42.5 Å². The molecule has 2 unspecified atom stereocenters. The molecule has 2 aromatic carbocycles. The first kappa shape index (κ1) is 19.9. The summed E-state index contributed by atoms with van der Waals surface area (Å²) >= 11 is 0. The summed E-state index contributed by atoms with van der Waals surface area (Å²) in [4.78, 5) is 0. The Morgan fingerprint density at radius 1 is 0.935 bits per heavy atom. The van der Waals surface area contributed by atoms with Crippen LogP contribution in [0.5, 0.6) is 5.75 Å². The van der Waals surface area contributed by atoms with Gasteiger partial charge in [-0.1, -0.05) is 42.8 Å². The summed E-state index contributed by atoms with van der Waals surface area (Å²) in [6.45, 7) is 4.81. The fourth-order valence-electron chi connectivity index (χ4n) is 9.04. The topological polar surface area (TPSA) is 18.5 Å². The second kappa shape index (κ2) is 6.61. The third-order valence-electron chi connectivity index (χ3n) is 10.6. The van der Waals surface area contributed by atoms with Crippen LogP contribution in [-0.2, 0) is 11.2 Å². The minimum atomic E-state index is 0.0844. The van der Waals surface area contributed by atoms with Crippen LogP contribution < -0.4 is 4.74 Å². The molecule has 4 aliphatic rings. The van der Waals surface area contributed by atoms with Gasteiger partial charge in [0, 0.05) is 12.5 Å². The lowest BCUT2D eigenvalue weighted by molar-refractivity contribution is -0.126. The number of ether oxygens (including phenoxy) is 2. The van der Waals surface area contributed by atoms with Crippen LogP contribution in [-0.4, -0.2) is 19.8 Å². The molecule has 3 saturated carbocycles. The molecule has 0 aliphatic heterocycles. The highest BCUT2D eigenvalue weighted by molar-refractivity contribution is 5.45. The number of rotatable bonds is 3. The minimum Gasteiger partial charge on any atom is -0.497 e. The van der Waals surface area contributed by atoms with Crippen molar-refractivity contribution in [2.45, 2.75) is 76.2 Å². The fraction of sp³-hybridized carbons (Fsp3) is 0.586. The average molecular weight is 417 g/mol. The van der Waals surface area contributed by atoms with Crippen LogP contribution in [0, 0.1) is 23.7 Å². The van der Waals surface area contributed by atoms with Crippen molar-refractivity contribution in [3.05, 3.63) is 64.7 Å². The molecule has 0 radical (unpaired) electrons. The summed E-state index contributed by atoms with van der Waals surface area (Å²) in [5.74, 6) is 2.92. The van der Waals surface area contributed by atoms with Crippen molar-refractivity contribution in [1.82, 2.24) is 0 Å². The predicted octanol–water partition coefficient (Wildman–Crippen LogP) is 6.80. The van der Waals surface area contributed by atoms with E-state index in [0.29, 0.717) is 17.3 Å². The molecule has 0 spiro atoms. The van der Waals surface area contributed by atoms with Crippen LogP contribution in [0.3, 0.4) is 0 Å². The summed E-state index contributed by atoms with van der Waals surface area (Å²) in [6, 6.07) is 16.3. The molecule has 0 amide bonds. The molecule has 6 rings (SSSR count). The monoisotopic (exact) mass is 416 g/mol. The average Bonchev–Trinajstić information content (AvgIpc) is 3.21. The quantitative estimate of drug-likeness (QED) is 0.547. The summed E-state index contributed by atoms with van der Waals surface area (Å²) in [7, 11) is 3.77. The van der Waals surface area contributed by atoms with Gasteiger partial charge in [-0.15, -0.1) is 0 Å². The zero-order chi connectivity index (χ0) is 21.4. The maximum Gasteiger partial charge on any atom is 0.119 e. The van der Waals surface area contributed by atoms with Gasteiger partial charge >= 0.3 is 0 Å². The van der Waals surface area contributed by atoms with Gasteiger partial charge in [0.05, 0.1) is 12.7 Å². The first-order valence-corrected chi connectivity index (χ1v) is 12.3. The fourth-order valence-corrected chi connectivity index (χ4v) is 9.04. The van der Waals surface area contributed by atoms with Crippen molar-refractivity contribution in [3.8, 4) is 5.75 Å². The lowest BCUT2D eigenvalue weighted by Crippen LogP contribution is -2.54. The van der Waals surface area contributed by atoms with E-state index in [4.69, 9.17) is 9.47 Å². The molecule has 2 nitrogen and oxygen atoms in total. The normalized spacial score (nSPS) is 40.2. The molecule has 2 aromatic rings. The highest BCUT2D eigenvalue weighted by Crippen LogP contribution is 2.80. The SMILES string of the molecule is COc1ccc2c(c1)CCC1C2[C@@H](c2ccc(C)cc2)C[C@]2(C)C3(OC)CCC12CC3. The standard InChI is InChI=1S/C29H36O2/c1-19-5-7-20(8-6-19)24-18-27(2)28(13-15-29(27,31-4)16-14-28)25-12-9-21-17-22(30-3)10-11-23(21)26(24)25/h5-8,10-11,17,24-26H,9,12-16,18H2,1-4H3/t24-,25?,26?,27+,28?,29?/m1/s1. The van der Waals surface area contributed by atoms with Gasteiger partial charge in [0.25, 0.3) is 0 Å². The van der Waals surface area contributed by atoms with Gasteiger partial charge in [0.2, 0.25) is 0 Å². The van der Waals surface area contributed by atoms with Crippen molar-refractivity contribution in [3.63, 3.8) is 0 Å². The van der Waals surface area contributed by atoms with Gasteiger partial charge in [0.15, 0.2) is 0 Å². The molecular formula is C29H36O2. The van der Waals surface area contributed by atoms with Crippen LogP contribution >= 0.6 is 0 Å². The van der Waals surface area contributed by atoms with Gasteiger partial charge in [-0.05, 0) is 104 Å². The number of hydrogen-bond donors (Lipinski definition) is 0. The Hall–Kier alpha value is -1.80. The predicted molar refractivity (Wildman–Crippen MR) is 125 cm³/mol. The number of fused-ring (bicyclic) bond motifs is 3. The van der Waals surface area contributed by atoms with E-state index in [1.165, 1.54) is 61.6 Å². The molecule has 0 heterocycles. The van der Waals surface area contributed by atoms with E-state index in [-0.39, 0.29) is 11.0 Å². The first-order valence-electron chi connectivity index (χ1n) is 12.3. The summed E-state index contributed by atoms with van der Waals surface area (Å²) < 4.78 is 12.0. The van der Waals surface area contributed by atoms with Crippen LogP contribution in [0.4, 0.5) is 0 Å². The molecule has 0 N–H and O–H groups in total. The second-order valence-corrected chi connectivity index (χ2v) is 11.1. The molecule has 3 fully saturated rings. The molecular weight excluding hydrogens is 380 g/mol. The second-order valence-electron chi connectivity index (χ2n) is 11.1. The minimum absolute atomic E-state index is 0.0844. The zero-order valence-corrected chi connectivity index (χ0v) is 19.5. The third-order valence-corrected chi connectivity index (χ3v) is 10.6. The Balaban J connectivity index is 1.54. The van der Waals surface area contributed by atoms with Crippen molar-refractivity contribution >= 4 is 0 Å². The number of hydrogen-bond acceptors (Lipinski definition) is 2. The van der Waals surface area contributed by atoms with E-state index in [2.05, 4.69) is 56.3 Å². The summed E-state index contributed by atoms with van der Waals surface area (Å²) in [6.07, 6.45) is 8.94. The Kier molecular flexibility index (Phi) is 4.23. The van der Waals surface area contributed by atoms with Gasteiger partial charge < -0.3 is 9.47 Å². The van der Waals surface area contributed by atoms with E-state index in [1.54, 1.807) is 12.7 Å². The lowest BCUT2D eigenvalue weighted by Gasteiger charge is -2.60. The Labute approximate surface area is 187 Å². The van der Waals surface area contributed by atoms with E-state index in [1.807, 2.05) is 7.11 Å². The number of benzene rings is 2. The van der Waals surface area contributed by atoms with Gasteiger partial charge in [-0.3, -0.25) is 0 Å². The van der Waals surface area contributed by atoms with Gasteiger partial charge in [-0.2, -0.15) is 0 Å². The smallest absolute Gasteiger partial charge is 0.119 e. The van der Waals surface area contributed by atoms with Crippen LogP contribution in [0.25, 0.3) is 0 Å².